The van der Waals surface area contributed by atoms with Crippen molar-refractivity contribution in [2.45, 2.75) is 0 Å². The van der Waals surface area contributed by atoms with Gasteiger partial charge in [0.2, 0.25) is 5.95 Å². The Hall–Kier alpha value is -6.63. The molecule has 0 atom stereocenters. The largest absolute Gasteiger partial charge is 0.456 e. The van der Waals surface area contributed by atoms with Gasteiger partial charge in [-0.15, -0.1) is 11.3 Å². The van der Waals surface area contributed by atoms with Gasteiger partial charge in [-0.3, -0.25) is 4.57 Å². The van der Waals surface area contributed by atoms with Crippen LogP contribution >= 0.6 is 11.3 Å². The van der Waals surface area contributed by atoms with E-state index in [0.717, 1.165) is 42.0 Å². The Bertz CT molecular complexity index is 3690. The summed E-state index contributed by atoms with van der Waals surface area (Å²) in [6.45, 7) is 0. The van der Waals surface area contributed by atoms with Gasteiger partial charge in [-0.25, -0.2) is 4.98 Å². The lowest BCUT2D eigenvalue weighted by molar-refractivity contribution is 0.669. The smallest absolute Gasteiger partial charge is 0.238 e. The van der Waals surface area contributed by atoms with Gasteiger partial charge in [-0.1, -0.05) is 121 Å². The third kappa shape index (κ3) is 4.30. The van der Waals surface area contributed by atoms with Gasteiger partial charge >= 0.3 is 0 Å². The first kappa shape index (κ1) is 20.1. The summed E-state index contributed by atoms with van der Waals surface area (Å²) in [6, 6.07) is 26.1. The first-order chi connectivity index (χ1) is 29.4. The second-order valence-corrected chi connectivity index (χ2v) is 13.1. The van der Waals surface area contributed by atoms with Crippen LogP contribution in [0.15, 0.2) is 162 Å². The van der Waals surface area contributed by atoms with Crippen molar-refractivity contribution in [3.8, 4) is 39.9 Å². The van der Waals surface area contributed by atoms with Crippen LogP contribution in [0, 0.1) is 0 Å². The van der Waals surface area contributed by atoms with Crippen molar-refractivity contribution >= 4 is 75.3 Å². The van der Waals surface area contributed by atoms with Gasteiger partial charge in [-0.05, 0) is 47.5 Å². The molecule has 0 bridgehead atoms. The highest BCUT2D eigenvalue weighted by Gasteiger charge is 2.22. The molecule has 0 saturated heterocycles. The van der Waals surface area contributed by atoms with Crippen molar-refractivity contribution in [3.05, 3.63) is 157 Å². The summed E-state index contributed by atoms with van der Waals surface area (Å²) in [4.78, 5) is 14.8. The van der Waals surface area contributed by atoms with Gasteiger partial charge in [0.1, 0.15) is 11.2 Å². The molecule has 6 heteroatoms. The number of thiophene rings is 1. The second kappa shape index (κ2) is 10.9. The third-order valence-corrected chi connectivity index (χ3v) is 10.4. The highest BCUT2D eigenvalue weighted by molar-refractivity contribution is 7.26. The van der Waals surface area contributed by atoms with Crippen LogP contribution in [0.4, 0.5) is 0 Å². The first-order valence-electron chi connectivity index (χ1n) is 21.1. The standard InChI is InChI=1S/C45H26N4OS/c1-3-12-27(13-4-1)30-18-11-20-36-40(30)33-23-22-29(26-37(33)50-36)44-46-43(28-14-5-2-6-15-28)47-45(48-44)49-35-19-9-7-16-31(35)32-24-25-39-41(42(32)49)34-17-8-10-21-38(34)51-39/h1-26H/i1D,2D,3D,4D,5D,6D,12D,13D,14D,15D. The lowest BCUT2D eigenvalue weighted by Crippen LogP contribution is -2.06. The number of hydrogen-bond acceptors (Lipinski definition) is 5. The summed E-state index contributed by atoms with van der Waals surface area (Å²) in [5.74, 6) is 0.167. The summed E-state index contributed by atoms with van der Waals surface area (Å²) in [6.07, 6.45) is 0. The van der Waals surface area contributed by atoms with Crippen LogP contribution in [0.25, 0.3) is 104 Å². The number of nitrogens with zero attached hydrogens (tertiary/aromatic N) is 4. The fourth-order valence-electron chi connectivity index (χ4n) is 7.10. The topological polar surface area (TPSA) is 56.7 Å². The molecule has 0 N–H and O–H groups in total. The Morgan fingerprint density at radius 3 is 2.10 bits per heavy atom. The molecule has 0 aliphatic carbocycles. The number of para-hydroxylation sites is 1. The maximum Gasteiger partial charge on any atom is 0.238 e. The van der Waals surface area contributed by atoms with E-state index in [1.54, 1.807) is 47.7 Å². The maximum absolute atomic E-state index is 8.91. The van der Waals surface area contributed by atoms with Crippen molar-refractivity contribution in [3.63, 3.8) is 0 Å². The average Bonchev–Trinajstić information content (AvgIpc) is 3.96. The highest BCUT2D eigenvalue weighted by atomic mass is 32.1. The number of aromatic nitrogens is 4. The lowest BCUT2D eigenvalue weighted by atomic mass is 9.99. The molecule has 0 aliphatic rings. The van der Waals surface area contributed by atoms with E-state index in [-0.39, 0.29) is 40.8 Å². The third-order valence-electron chi connectivity index (χ3n) is 9.25. The molecular weight excluding hydrogens is 645 g/mol. The first-order valence-corrected chi connectivity index (χ1v) is 16.9. The second-order valence-electron chi connectivity index (χ2n) is 12.1. The molecule has 0 spiro atoms. The average molecular weight is 681 g/mol. The van der Waals surface area contributed by atoms with E-state index >= 15 is 0 Å². The Balaban J connectivity index is 1.21. The molecule has 0 radical (unpaired) electrons. The van der Waals surface area contributed by atoms with Crippen LogP contribution in [0.5, 0.6) is 0 Å². The molecule has 0 unspecified atom stereocenters. The molecule has 0 amide bonds. The van der Waals surface area contributed by atoms with E-state index in [4.69, 9.17) is 33.1 Å². The fraction of sp³-hybridized carbons (Fsp3) is 0. The Labute approximate surface area is 309 Å². The predicted octanol–water partition coefficient (Wildman–Crippen LogP) is 12.2. The van der Waals surface area contributed by atoms with Crippen LogP contribution in [0.2, 0.25) is 0 Å². The molecule has 11 aromatic rings. The normalized spacial score (nSPS) is 14.7. The molecule has 11 rings (SSSR count). The number of furan rings is 1. The van der Waals surface area contributed by atoms with Gasteiger partial charge in [-0.2, -0.15) is 9.97 Å². The summed E-state index contributed by atoms with van der Waals surface area (Å²) < 4.78 is 95.6. The Morgan fingerprint density at radius 1 is 0.529 bits per heavy atom. The van der Waals surface area contributed by atoms with E-state index in [9.17, 15) is 0 Å². The minimum atomic E-state index is -0.541. The van der Waals surface area contributed by atoms with Crippen molar-refractivity contribution in [1.29, 1.82) is 0 Å². The SMILES string of the molecule is [2H]c1c([2H])c([2H])c(-c2nc(-c3ccc4c(c3)oc3cccc(-c5c([2H])c([2H])c([2H])c([2H])c5[2H])c34)nc(-n3c4ccccc4c4ccc5sc6ccccc6c5c43)n2)c([2H])c1[2H]. The highest BCUT2D eigenvalue weighted by Crippen LogP contribution is 2.43. The van der Waals surface area contributed by atoms with Crippen molar-refractivity contribution in [1.82, 2.24) is 19.5 Å². The van der Waals surface area contributed by atoms with Gasteiger partial charge in [0.25, 0.3) is 0 Å². The molecule has 51 heavy (non-hydrogen) atoms. The van der Waals surface area contributed by atoms with Gasteiger partial charge < -0.3 is 4.42 Å². The zero-order valence-corrected chi connectivity index (χ0v) is 27.2. The molecule has 0 fully saturated rings. The summed E-state index contributed by atoms with van der Waals surface area (Å²) in [7, 11) is 0. The number of rotatable bonds is 4. The summed E-state index contributed by atoms with van der Waals surface area (Å²) >= 11 is 1.67. The molecular formula is C45H26N4OS. The van der Waals surface area contributed by atoms with Crippen molar-refractivity contribution in [2.75, 3.05) is 0 Å². The number of hydrogen-bond donors (Lipinski definition) is 0. The van der Waals surface area contributed by atoms with Crippen molar-refractivity contribution < 1.29 is 18.1 Å². The van der Waals surface area contributed by atoms with E-state index in [0.29, 0.717) is 33.1 Å². The lowest BCUT2D eigenvalue weighted by Gasteiger charge is -2.11. The summed E-state index contributed by atoms with van der Waals surface area (Å²) in [5.41, 5.74) is 3.17. The van der Waals surface area contributed by atoms with E-state index < -0.39 is 48.3 Å². The Kier molecular flexibility index (Phi) is 4.32. The predicted molar refractivity (Wildman–Crippen MR) is 211 cm³/mol. The quantitative estimate of drug-likeness (QED) is 0.186. The fourth-order valence-corrected chi connectivity index (χ4v) is 8.21. The molecule has 4 aromatic heterocycles. The van der Waals surface area contributed by atoms with E-state index in [2.05, 4.69) is 24.3 Å². The molecule has 7 aromatic carbocycles. The minimum absolute atomic E-state index is 0.0485. The van der Waals surface area contributed by atoms with Crippen LogP contribution in [0.3, 0.4) is 0 Å². The van der Waals surface area contributed by atoms with Crippen LogP contribution in [-0.2, 0) is 0 Å². The Morgan fingerprint density at radius 2 is 1.25 bits per heavy atom. The summed E-state index contributed by atoms with van der Waals surface area (Å²) in [5, 5.41) is 5.11. The molecule has 5 nitrogen and oxygen atoms in total. The zero-order chi connectivity index (χ0) is 42.2. The molecule has 0 aliphatic heterocycles. The van der Waals surface area contributed by atoms with Crippen LogP contribution in [0.1, 0.15) is 13.7 Å². The zero-order valence-electron chi connectivity index (χ0n) is 36.3. The van der Waals surface area contributed by atoms with Gasteiger partial charge in [0, 0.05) is 52.8 Å². The van der Waals surface area contributed by atoms with E-state index in [1.165, 1.54) is 0 Å². The number of fused-ring (bicyclic) bond motifs is 10. The minimum Gasteiger partial charge on any atom is -0.456 e. The van der Waals surface area contributed by atoms with Gasteiger partial charge in [0.05, 0.1) is 24.7 Å². The molecule has 238 valence electrons. The molecule has 0 saturated carbocycles. The van der Waals surface area contributed by atoms with E-state index in [1.807, 2.05) is 41.0 Å². The van der Waals surface area contributed by atoms with Crippen molar-refractivity contribution in [2.24, 2.45) is 0 Å². The monoisotopic (exact) mass is 680 g/mol. The van der Waals surface area contributed by atoms with Crippen LogP contribution in [-0.4, -0.2) is 19.5 Å². The maximum atomic E-state index is 8.91. The molecule has 4 heterocycles. The number of benzene rings is 7. The van der Waals surface area contributed by atoms with Crippen LogP contribution < -0.4 is 0 Å². The van der Waals surface area contributed by atoms with Gasteiger partial charge in [0.15, 0.2) is 11.6 Å².